The van der Waals surface area contributed by atoms with Crippen molar-refractivity contribution in [2.75, 3.05) is 29.4 Å². The van der Waals surface area contributed by atoms with Crippen molar-refractivity contribution in [2.24, 2.45) is 0 Å². The van der Waals surface area contributed by atoms with Gasteiger partial charge in [-0.25, -0.2) is 4.98 Å². The van der Waals surface area contributed by atoms with Crippen molar-refractivity contribution in [3.63, 3.8) is 0 Å². The summed E-state index contributed by atoms with van der Waals surface area (Å²) in [7, 11) is 0. The van der Waals surface area contributed by atoms with Gasteiger partial charge in [0.25, 0.3) is 0 Å². The van der Waals surface area contributed by atoms with Gasteiger partial charge in [0.15, 0.2) is 5.13 Å². The number of ether oxygens (including phenoxy) is 1. The number of anilines is 2. The van der Waals surface area contributed by atoms with Crippen LogP contribution in [-0.2, 0) is 12.0 Å². The summed E-state index contributed by atoms with van der Waals surface area (Å²) in [5.41, 5.74) is 5.66. The number of fused-ring (bicyclic) bond motifs is 1. The Kier molecular flexibility index (Phi) is 7.02. The minimum Gasteiger partial charge on any atom is -0.485 e. The van der Waals surface area contributed by atoms with E-state index in [0.29, 0.717) is 5.56 Å². The van der Waals surface area contributed by atoms with Gasteiger partial charge in [0.1, 0.15) is 11.4 Å². The van der Waals surface area contributed by atoms with Crippen LogP contribution in [0.5, 0.6) is 5.75 Å². The summed E-state index contributed by atoms with van der Waals surface area (Å²) in [4.78, 5) is 10.8. The molecule has 0 saturated carbocycles. The first-order valence-electron chi connectivity index (χ1n) is 14.2. The third kappa shape index (κ3) is 5.44. The molecular formula is C34H36N4OS. The van der Waals surface area contributed by atoms with Gasteiger partial charge in [-0.2, -0.15) is 5.26 Å². The Balaban J connectivity index is 1.15. The van der Waals surface area contributed by atoms with Crippen molar-refractivity contribution in [1.82, 2.24) is 4.98 Å². The van der Waals surface area contributed by atoms with E-state index in [0.717, 1.165) is 66.8 Å². The van der Waals surface area contributed by atoms with E-state index in [1.165, 1.54) is 16.8 Å². The predicted octanol–water partition coefficient (Wildman–Crippen LogP) is 7.81. The molecule has 0 bridgehead atoms. The Morgan fingerprint density at radius 2 is 1.62 bits per heavy atom. The van der Waals surface area contributed by atoms with E-state index in [-0.39, 0.29) is 11.0 Å². The zero-order chi connectivity index (χ0) is 27.7. The fourth-order valence-electron chi connectivity index (χ4n) is 5.75. The first-order chi connectivity index (χ1) is 19.3. The molecule has 0 atom stereocenters. The van der Waals surface area contributed by atoms with E-state index in [4.69, 9.17) is 15.0 Å². The molecule has 4 aromatic rings. The highest BCUT2D eigenvalue weighted by Gasteiger charge is 2.40. The number of hydrogen-bond donors (Lipinski definition) is 0. The van der Waals surface area contributed by atoms with E-state index >= 15 is 0 Å². The number of thiazole rings is 1. The molecule has 6 rings (SSSR count). The van der Waals surface area contributed by atoms with Crippen LogP contribution < -0.4 is 14.5 Å². The number of aromatic nitrogens is 1. The van der Waals surface area contributed by atoms with E-state index < -0.39 is 0 Å². The molecule has 0 unspecified atom stereocenters. The van der Waals surface area contributed by atoms with Crippen LogP contribution in [-0.4, -0.2) is 30.2 Å². The second kappa shape index (κ2) is 10.6. The molecule has 1 aromatic heterocycles. The number of rotatable bonds is 4. The van der Waals surface area contributed by atoms with Gasteiger partial charge in [0.05, 0.1) is 22.2 Å². The number of para-hydroxylation sites is 2. The van der Waals surface area contributed by atoms with E-state index in [1.54, 1.807) is 11.3 Å². The summed E-state index contributed by atoms with van der Waals surface area (Å²) in [5, 5.41) is 10.1. The molecule has 3 heterocycles. The Bertz CT molecular complexity index is 1500. The summed E-state index contributed by atoms with van der Waals surface area (Å²) in [6.45, 7) is 10.5. The molecule has 1 fully saturated rings. The zero-order valence-electron chi connectivity index (χ0n) is 23.6. The van der Waals surface area contributed by atoms with Crippen molar-refractivity contribution in [3.8, 4) is 22.3 Å². The second-order valence-electron chi connectivity index (χ2n) is 12.1. The van der Waals surface area contributed by atoms with Gasteiger partial charge in [-0.15, -0.1) is 0 Å². The highest BCUT2D eigenvalue weighted by Crippen LogP contribution is 2.42. The molecule has 40 heavy (non-hydrogen) atoms. The number of nitriles is 1. The highest BCUT2D eigenvalue weighted by molar-refractivity contribution is 7.18. The lowest BCUT2D eigenvalue weighted by Crippen LogP contribution is -2.48. The lowest BCUT2D eigenvalue weighted by molar-refractivity contribution is 0.0411. The van der Waals surface area contributed by atoms with Gasteiger partial charge in [-0.3, -0.25) is 0 Å². The number of benzene rings is 3. The monoisotopic (exact) mass is 548 g/mol. The number of nitrogens with zero attached hydrogens (tertiary/aromatic N) is 4. The quantitative estimate of drug-likeness (QED) is 0.260. The van der Waals surface area contributed by atoms with E-state index in [1.807, 2.05) is 30.5 Å². The summed E-state index contributed by atoms with van der Waals surface area (Å²) < 4.78 is 6.89. The van der Waals surface area contributed by atoms with Gasteiger partial charge in [-0.1, -0.05) is 80.6 Å². The molecule has 204 valence electrons. The third-order valence-corrected chi connectivity index (χ3v) is 9.41. The van der Waals surface area contributed by atoms with E-state index in [9.17, 15) is 0 Å². The van der Waals surface area contributed by atoms with Crippen molar-refractivity contribution < 1.29 is 4.74 Å². The smallest absolute Gasteiger partial charge is 0.185 e. The SMILES string of the molecule is CC(C)(C)c1ccc(CN2CCC3(CCN(c4ncc(-c5ccc(C#N)cc5)s4)CC3)Oc3ccccc32)cc1. The average molecular weight is 549 g/mol. The molecule has 1 saturated heterocycles. The topological polar surface area (TPSA) is 52.4 Å². The van der Waals surface area contributed by atoms with Gasteiger partial charge >= 0.3 is 0 Å². The first kappa shape index (κ1) is 26.4. The van der Waals surface area contributed by atoms with Gasteiger partial charge < -0.3 is 14.5 Å². The summed E-state index contributed by atoms with van der Waals surface area (Å²) in [6.07, 6.45) is 4.91. The maximum atomic E-state index is 9.09. The maximum Gasteiger partial charge on any atom is 0.185 e. The van der Waals surface area contributed by atoms with Crippen LogP contribution in [0.3, 0.4) is 0 Å². The van der Waals surface area contributed by atoms with Crippen LogP contribution >= 0.6 is 11.3 Å². The molecule has 0 amide bonds. The predicted molar refractivity (Wildman–Crippen MR) is 164 cm³/mol. The largest absolute Gasteiger partial charge is 0.485 e. The highest BCUT2D eigenvalue weighted by atomic mass is 32.1. The van der Waals surface area contributed by atoms with Crippen LogP contribution in [0.2, 0.25) is 0 Å². The third-order valence-electron chi connectivity index (χ3n) is 8.30. The normalized spacial score (nSPS) is 16.6. The average Bonchev–Trinajstić information content (AvgIpc) is 3.41. The van der Waals surface area contributed by atoms with Gasteiger partial charge in [-0.05, 0) is 46.4 Å². The Hall–Kier alpha value is -3.82. The van der Waals surface area contributed by atoms with Crippen molar-refractivity contribution in [2.45, 2.75) is 57.6 Å². The number of hydrogen-bond acceptors (Lipinski definition) is 6. The van der Waals surface area contributed by atoms with Crippen LogP contribution in [0.15, 0.2) is 79.0 Å². The second-order valence-corrected chi connectivity index (χ2v) is 13.1. The molecule has 3 aromatic carbocycles. The van der Waals surface area contributed by atoms with Crippen LogP contribution in [0, 0.1) is 11.3 Å². The molecule has 5 nitrogen and oxygen atoms in total. The molecule has 1 spiro atoms. The van der Waals surface area contributed by atoms with Gasteiger partial charge in [0, 0.05) is 51.6 Å². The van der Waals surface area contributed by atoms with Crippen molar-refractivity contribution in [1.29, 1.82) is 5.26 Å². The standard InChI is InChI=1S/C34H36N4OS/c1-33(2,3)28-14-10-26(11-15-28)24-38-21-18-34(39-30-7-5-4-6-29(30)38)16-19-37(20-17-34)32-36-23-31(40-32)27-12-8-25(22-35)9-13-27/h4-15,23H,16-21,24H2,1-3H3. The molecule has 2 aliphatic rings. The minimum atomic E-state index is -0.162. The van der Waals surface area contributed by atoms with Gasteiger partial charge in [0.2, 0.25) is 0 Å². The fourth-order valence-corrected chi connectivity index (χ4v) is 6.73. The minimum absolute atomic E-state index is 0.159. The van der Waals surface area contributed by atoms with Crippen molar-refractivity contribution in [3.05, 3.63) is 95.7 Å². The zero-order valence-corrected chi connectivity index (χ0v) is 24.4. The summed E-state index contributed by atoms with van der Waals surface area (Å²) >= 11 is 1.72. The molecule has 0 radical (unpaired) electrons. The lowest BCUT2D eigenvalue weighted by atomic mass is 9.86. The molecule has 0 aliphatic carbocycles. The number of piperidine rings is 1. The van der Waals surface area contributed by atoms with Crippen molar-refractivity contribution >= 4 is 22.2 Å². The molecule has 6 heteroatoms. The lowest BCUT2D eigenvalue weighted by Gasteiger charge is -2.41. The summed E-state index contributed by atoms with van der Waals surface area (Å²) in [6, 6.07) is 27.6. The first-order valence-corrected chi connectivity index (χ1v) is 15.0. The maximum absolute atomic E-state index is 9.09. The van der Waals surface area contributed by atoms with Crippen LogP contribution in [0.25, 0.3) is 10.4 Å². The Morgan fingerprint density at radius 3 is 2.33 bits per heavy atom. The Morgan fingerprint density at radius 1 is 0.925 bits per heavy atom. The van der Waals surface area contributed by atoms with Crippen LogP contribution in [0.1, 0.15) is 56.7 Å². The molecular weight excluding hydrogens is 512 g/mol. The molecule has 2 aliphatic heterocycles. The van der Waals surface area contributed by atoms with E-state index in [2.05, 4.69) is 85.2 Å². The Labute approximate surface area is 241 Å². The van der Waals surface area contributed by atoms with Crippen LogP contribution in [0.4, 0.5) is 10.8 Å². The summed E-state index contributed by atoms with van der Waals surface area (Å²) in [5.74, 6) is 0.997. The molecule has 0 N–H and O–H groups in total. The fraction of sp³-hybridized carbons (Fsp3) is 0.353.